The maximum absolute atomic E-state index is 11.6. The van der Waals surface area contributed by atoms with Crippen molar-refractivity contribution in [2.45, 2.75) is 18.9 Å². The minimum absolute atomic E-state index is 0.213. The molecule has 0 fully saturated rings. The van der Waals surface area contributed by atoms with Crippen LogP contribution in [0.1, 0.15) is 23.6 Å². The molecule has 0 spiro atoms. The van der Waals surface area contributed by atoms with Crippen molar-refractivity contribution in [2.24, 2.45) is 0 Å². The van der Waals surface area contributed by atoms with E-state index in [4.69, 9.17) is 0 Å². The van der Waals surface area contributed by atoms with Crippen LogP contribution >= 0.6 is 11.8 Å². The Hall–Kier alpha value is -1.00. The molecule has 1 aromatic carbocycles. The Morgan fingerprint density at radius 1 is 1.44 bits per heavy atom. The number of aryl methyl sites for hydroxylation is 1. The van der Waals surface area contributed by atoms with Gasteiger partial charge in [-0.25, -0.2) is 0 Å². The second kappa shape index (κ2) is 5.76. The van der Waals surface area contributed by atoms with E-state index in [1.165, 1.54) is 11.1 Å². The molecule has 98 valence electrons. The van der Waals surface area contributed by atoms with Gasteiger partial charge in [-0.15, -0.1) is 0 Å². The van der Waals surface area contributed by atoms with Gasteiger partial charge in [0, 0.05) is 31.0 Å². The van der Waals surface area contributed by atoms with Gasteiger partial charge in [-0.05, 0) is 36.9 Å². The fourth-order valence-corrected chi connectivity index (χ4v) is 3.10. The second-order valence-corrected chi connectivity index (χ2v) is 5.55. The van der Waals surface area contributed by atoms with Crippen LogP contribution in [0.25, 0.3) is 0 Å². The fraction of sp³-hybridized carbons (Fsp3) is 0.500. The van der Waals surface area contributed by atoms with Gasteiger partial charge in [-0.2, -0.15) is 11.8 Å². The van der Waals surface area contributed by atoms with Crippen LogP contribution in [0.4, 0.5) is 5.69 Å². The van der Waals surface area contributed by atoms with Crippen molar-refractivity contribution in [1.82, 2.24) is 5.32 Å². The third-order valence-corrected chi connectivity index (χ3v) is 4.20. The first kappa shape index (κ1) is 13.4. The van der Waals surface area contributed by atoms with E-state index in [0.29, 0.717) is 12.5 Å². The number of thioether (sulfide) groups is 1. The van der Waals surface area contributed by atoms with E-state index in [9.17, 15) is 4.79 Å². The summed E-state index contributed by atoms with van der Waals surface area (Å²) >= 11 is 1.84. The van der Waals surface area contributed by atoms with Gasteiger partial charge in [-0.1, -0.05) is 12.1 Å². The van der Waals surface area contributed by atoms with E-state index >= 15 is 0 Å². The van der Waals surface area contributed by atoms with Crippen LogP contribution in [0.15, 0.2) is 18.2 Å². The van der Waals surface area contributed by atoms with Crippen LogP contribution in [0, 0.1) is 0 Å². The summed E-state index contributed by atoms with van der Waals surface area (Å²) in [5, 5.41) is 3.34. The highest BCUT2D eigenvalue weighted by atomic mass is 32.2. The van der Waals surface area contributed by atoms with Crippen LogP contribution < -0.4 is 10.2 Å². The lowest BCUT2D eigenvalue weighted by molar-refractivity contribution is -0.118. The topological polar surface area (TPSA) is 32.3 Å². The number of nitrogens with one attached hydrogen (secondary N) is 1. The van der Waals surface area contributed by atoms with Gasteiger partial charge in [0.1, 0.15) is 0 Å². The molecule has 1 N–H and O–H groups in total. The number of fused-ring (bicyclic) bond motifs is 1. The molecular formula is C14H20N2OS. The molecule has 0 radical (unpaired) electrons. The molecule has 0 saturated heterocycles. The number of carbonyl (C=O) groups excluding carboxylic acids is 1. The molecule has 1 amide bonds. The number of amides is 1. The van der Waals surface area contributed by atoms with E-state index < -0.39 is 0 Å². The molecule has 1 aliphatic rings. The summed E-state index contributed by atoms with van der Waals surface area (Å²) in [6.45, 7) is 0. The van der Waals surface area contributed by atoms with Gasteiger partial charge in [0.05, 0.1) is 0 Å². The molecule has 0 aromatic heterocycles. The third kappa shape index (κ3) is 2.54. The Morgan fingerprint density at radius 2 is 2.22 bits per heavy atom. The fourth-order valence-electron chi connectivity index (χ4n) is 2.41. The van der Waals surface area contributed by atoms with Gasteiger partial charge < -0.3 is 10.2 Å². The van der Waals surface area contributed by atoms with Crippen LogP contribution in [0.2, 0.25) is 0 Å². The van der Waals surface area contributed by atoms with E-state index in [1.54, 1.807) is 4.90 Å². The Morgan fingerprint density at radius 3 is 2.89 bits per heavy atom. The summed E-state index contributed by atoms with van der Waals surface area (Å²) in [6.07, 6.45) is 3.61. The lowest BCUT2D eigenvalue weighted by Crippen LogP contribution is -2.31. The molecule has 18 heavy (non-hydrogen) atoms. The molecule has 3 nitrogen and oxygen atoms in total. The number of rotatable bonds is 4. The van der Waals surface area contributed by atoms with Gasteiger partial charge in [0.25, 0.3) is 0 Å². The van der Waals surface area contributed by atoms with E-state index in [-0.39, 0.29) is 5.91 Å². The zero-order valence-corrected chi connectivity index (χ0v) is 12.0. The molecule has 0 bridgehead atoms. The quantitative estimate of drug-likeness (QED) is 0.905. The average molecular weight is 264 g/mol. The predicted molar refractivity (Wildman–Crippen MR) is 78.4 cm³/mol. The van der Waals surface area contributed by atoms with Crippen molar-refractivity contribution >= 4 is 23.4 Å². The molecule has 1 unspecified atom stereocenters. The Balaban J connectivity index is 2.30. The zero-order chi connectivity index (χ0) is 13.1. The summed E-state index contributed by atoms with van der Waals surface area (Å²) in [6, 6.07) is 6.83. The largest absolute Gasteiger partial charge is 0.315 e. The van der Waals surface area contributed by atoms with Crippen LogP contribution in [0.5, 0.6) is 0 Å². The number of anilines is 1. The highest BCUT2D eigenvalue weighted by Gasteiger charge is 2.21. The molecule has 0 saturated carbocycles. The van der Waals surface area contributed by atoms with E-state index in [0.717, 1.165) is 17.9 Å². The lowest BCUT2D eigenvalue weighted by Gasteiger charge is -2.27. The van der Waals surface area contributed by atoms with Crippen molar-refractivity contribution in [3.05, 3.63) is 29.3 Å². The molecule has 1 atom stereocenters. The summed E-state index contributed by atoms with van der Waals surface area (Å²) in [5.41, 5.74) is 3.67. The highest BCUT2D eigenvalue weighted by Crippen LogP contribution is 2.29. The van der Waals surface area contributed by atoms with Gasteiger partial charge in [0.2, 0.25) is 5.91 Å². The third-order valence-electron chi connectivity index (χ3n) is 3.53. The maximum Gasteiger partial charge on any atom is 0.227 e. The maximum atomic E-state index is 11.6. The second-order valence-electron chi connectivity index (χ2n) is 4.64. The van der Waals surface area contributed by atoms with E-state index in [1.807, 2.05) is 25.9 Å². The first-order valence-electron chi connectivity index (χ1n) is 6.23. The normalized spacial score (nSPS) is 16.6. The molecule has 0 aliphatic carbocycles. The van der Waals surface area contributed by atoms with Gasteiger partial charge in [0.15, 0.2) is 0 Å². The Kier molecular flexibility index (Phi) is 4.30. The number of hydrogen-bond acceptors (Lipinski definition) is 3. The monoisotopic (exact) mass is 264 g/mol. The average Bonchev–Trinajstić information content (AvgIpc) is 2.40. The van der Waals surface area contributed by atoms with Crippen LogP contribution in [-0.4, -0.2) is 32.0 Å². The first-order valence-corrected chi connectivity index (χ1v) is 7.62. The smallest absolute Gasteiger partial charge is 0.227 e. The van der Waals surface area contributed by atoms with E-state index in [2.05, 4.69) is 29.8 Å². The number of nitrogens with zero attached hydrogens (tertiary/aromatic N) is 1. The number of carbonyl (C=O) groups is 1. The highest BCUT2D eigenvalue weighted by molar-refractivity contribution is 7.98. The Labute approximate surface area is 113 Å². The summed E-state index contributed by atoms with van der Waals surface area (Å²) in [4.78, 5) is 13.4. The molecule has 4 heteroatoms. The molecule has 1 aromatic rings. The molecule has 1 aliphatic heterocycles. The minimum Gasteiger partial charge on any atom is -0.315 e. The number of benzene rings is 1. The SMILES string of the molecule is CNC(CSC)c1ccc2c(c1)CCC(=O)N2C. The van der Waals surface area contributed by atoms with Crippen molar-refractivity contribution in [1.29, 1.82) is 0 Å². The molecule has 1 heterocycles. The lowest BCUT2D eigenvalue weighted by atomic mass is 9.97. The van der Waals surface area contributed by atoms with Gasteiger partial charge in [-0.3, -0.25) is 4.79 Å². The van der Waals surface area contributed by atoms with Crippen molar-refractivity contribution < 1.29 is 4.79 Å². The standard InChI is InChI=1S/C14H20N2OS/c1-15-12(9-18-3)10-4-6-13-11(8-10)5-7-14(17)16(13)2/h4,6,8,12,15H,5,7,9H2,1-3H3. The van der Waals surface area contributed by atoms with Crippen LogP contribution in [-0.2, 0) is 11.2 Å². The van der Waals surface area contributed by atoms with Crippen molar-refractivity contribution in [2.75, 3.05) is 31.0 Å². The predicted octanol–water partition coefficient (Wildman–Crippen LogP) is 2.22. The van der Waals surface area contributed by atoms with Crippen molar-refractivity contribution in [3.8, 4) is 0 Å². The van der Waals surface area contributed by atoms with Crippen LogP contribution in [0.3, 0.4) is 0 Å². The molecule has 2 rings (SSSR count). The summed E-state index contributed by atoms with van der Waals surface area (Å²) in [7, 11) is 3.85. The van der Waals surface area contributed by atoms with Crippen molar-refractivity contribution in [3.63, 3.8) is 0 Å². The first-order chi connectivity index (χ1) is 8.67. The molecular weight excluding hydrogens is 244 g/mol. The van der Waals surface area contributed by atoms with Gasteiger partial charge >= 0.3 is 0 Å². The minimum atomic E-state index is 0.213. The summed E-state index contributed by atoms with van der Waals surface area (Å²) < 4.78 is 0. The summed E-state index contributed by atoms with van der Waals surface area (Å²) in [5.74, 6) is 1.27. The number of hydrogen-bond donors (Lipinski definition) is 1. The Bertz CT molecular complexity index is 447. The zero-order valence-electron chi connectivity index (χ0n) is 11.2.